The van der Waals surface area contributed by atoms with E-state index in [0.717, 1.165) is 12.3 Å². The maximum atomic E-state index is 12.5. The van der Waals surface area contributed by atoms with Gasteiger partial charge in [-0.3, -0.25) is 0 Å². The lowest BCUT2D eigenvalue weighted by molar-refractivity contribution is -0.340. The highest BCUT2D eigenvalue weighted by Gasteiger charge is 2.53. The number of benzene rings is 1. The number of aliphatic hydroxyl groups excluding tert-OH is 4. The van der Waals surface area contributed by atoms with Gasteiger partial charge in [-0.25, -0.2) is 9.59 Å². The Kier molecular flexibility index (Phi) is 7.97. The predicted octanol–water partition coefficient (Wildman–Crippen LogP) is -0.349. The van der Waals surface area contributed by atoms with E-state index in [1.54, 1.807) is 12.1 Å². The molecule has 2 fully saturated rings. The number of phenols is 1. The van der Waals surface area contributed by atoms with E-state index in [4.69, 9.17) is 18.9 Å². The van der Waals surface area contributed by atoms with Crippen molar-refractivity contribution in [2.45, 2.75) is 49.5 Å². The van der Waals surface area contributed by atoms with Crippen LogP contribution < -0.4 is 0 Å². The molecule has 0 spiro atoms. The molecule has 2 heterocycles. The molecule has 12 heteroatoms. The number of fused-ring (bicyclic) bond motifs is 1. The Hall–Kier alpha value is -3.26. The van der Waals surface area contributed by atoms with Crippen molar-refractivity contribution in [2.75, 3.05) is 6.61 Å². The summed E-state index contributed by atoms with van der Waals surface area (Å²) < 4.78 is 22.3. The number of aromatic hydroxyl groups is 1. The summed E-state index contributed by atoms with van der Waals surface area (Å²) in [6.07, 6.45) is -6.44. The molecule has 3 aliphatic rings. The van der Waals surface area contributed by atoms with Gasteiger partial charge in [0.15, 0.2) is 6.10 Å². The molecule has 1 saturated heterocycles. The van der Waals surface area contributed by atoms with Crippen LogP contribution in [0.3, 0.4) is 0 Å². The van der Waals surface area contributed by atoms with E-state index in [2.05, 4.69) is 6.58 Å². The van der Waals surface area contributed by atoms with Crippen molar-refractivity contribution in [1.82, 2.24) is 0 Å². The maximum Gasteiger partial charge on any atom is 0.334 e. The summed E-state index contributed by atoms with van der Waals surface area (Å²) in [6, 6.07) is 5.96. The first kappa shape index (κ1) is 26.8. The fraction of sp³-hybridized carbons (Fsp3) is 0.440. The van der Waals surface area contributed by atoms with Gasteiger partial charge >= 0.3 is 11.9 Å². The zero-order chi connectivity index (χ0) is 26.9. The van der Waals surface area contributed by atoms with E-state index in [9.17, 15) is 40.2 Å². The molecule has 0 bridgehead atoms. The number of rotatable bonds is 7. The highest BCUT2D eigenvalue weighted by atomic mass is 16.8. The summed E-state index contributed by atoms with van der Waals surface area (Å²) in [7, 11) is 0. The quantitative estimate of drug-likeness (QED) is 0.156. The Morgan fingerprint density at radius 3 is 2.46 bits per heavy atom. The van der Waals surface area contributed by atoms with Crippen molar-refractivity contribution in [2.24, 2.45) is 11.8 Å². The number of aliphatic carboxylic acids is 1. The third kappa shape index (κ3) is 5.54. The van der Waals surface area contributed by atoms with E-state index in [1.165, 1.54) is 18.2 Å². The van der Waals surface area contributed by atoms with Crippen molar-refractivity contribution >= 4 is 18.0 Å². The van der Waals surface area contributed by atoms with E-state index in [-0.39, 0.29) is 23.3 Å². The zero-order valence-corrected chi connectivity index (χ0v) is 19.5. The molecule has 0 unspecified atom stereocenters. The molecule has 0 aromatic heterocycles. The third-order valence-electron chi connectivity index (χ3n) is 6.69. The summed E-state index contributed by atoms with van der Waals surface area (Å²) in [6.45, 7) is 3.14. The van der Waals surface area contributed by atoms with Gasteiger partial charge in [0.25, 0.3) is 0 Å². The molecule has 1 aromatic carbocycles. The topological polar surface area (TPSA) is 192 Å². The normalized spacial score (nSPS) is 35.5. The molecule has 2 aliphatic heterocycles. The minimum Gasteiger partial charge on any atom is -0.508 e. The second kappa shape index (κ2) is 11.0. The first-order valence-corrected chi connectivity index (χ1v) is 11.5. The lowest BCUT2D eigenvalue weighted by Gasteiger charge is -2.43. The van der Waals surface area contributed by atoms with Crippen molar-refractivity contribution in [3.05, 3.63) is 59.9 Å². The number of carboxylic acid groups (broad SMARTS) is 1. The average molecular weight is 520 g/mol. The zero-order valence-electron chi connectivity index (χ0n) is 19.5. The molecule has 9 atom stereocenters. The molecular formula is C25H28O12. The Morgan fingerprint density at radius 1 is 1.11 bits per heavy atom. The van der Waals surface area contributed by atoms with Crippen LogP contribution in [0.5, 0.6) is 5.75 Å². The van der Waals surface area contributed by atoms with Crippen molar-refractivity contribution in [1.29, 1.82) is 0 Å². The van der Waals surface area contributed by atoms with E-state index < -0.39 is 73.5 Å². The summed E-state index contributed by atoms with van der Waals surface area (Å²) in [4.78, 5) is 24.2. The van der Waals surface area contributed by atoms with Crippen LogP contribution in [-0.4, -0.2) is 92.3 Å². The molecule has 1 aliphatic carbocycles. The number of hydrogen-bond donors (Lipinski definition) is 6. The number of carbonyl (C=O) groups is 2. The number of hydrogen-bond acceptors (Lipinski definition) is 11. The monoisotopic (exact) mass is 520 g/mol. The van der Waals surface area contributed by atoms with Crippen LogP contribution in [0, 0.1) is 11.8 Å². The molecule has 1 saturated carbocycles. The second-order valence-electron chi connectivity index (χ2n) is 9.01. The fourth-order valence-corrected chi connectivity index (χ4v) is 4.69. The van der Waals surface area contributed by atoms with Gasteiger partial charge in [0.05, 0.1) is 30.5 Å². The summed E-state index contributed by atoms with van der Waals surface area (Å²) in [5.74, 6) is -3.57. The van der Waals surface area contributed by atoms with Crippen molar-refractivity contribution < 1.29 is 59.2 Å². The summed E-state index contributed by atoms with van der Waals surface area (Å²) in [5, 5.41) is 59.7. The van der Waals surface area contributed by atoms with Crippen LogP contribution >= 0.6 is 0 Å². The molecule has 12 nitrogen and oxygen atoms in total. The SMILES string of the molecule is C=C1[C@H]2[C@H](O[C@@H]3O[C@@H](CO)[C@@H](O)[C@@H](O)[C@H]3OC(=O)C=Cc3ccc(O)cc3)OC=C(C(=O)O)[C@H]2C[C@@H]1O. The van der Waals surface area contributed by atoms with Gasteiger partial charge in [0.1, 0.15) is 24.1 Å². The number of carbonyl (C=O) groups excluding carboxylic acids is 1. The van der Waals surface area contributed by atoms with Gasteiger partial charge in [0, 0.05) is 12.0 Å². The minimum atomic E-state index is -1.72. The Labute approximate surface area is 211 Å². The molecule has 6 N–H and O–H groups in total. The molecule has 0 radical (unpaired) electrons. The third-order valence-corrected chi connectivity index (χ3v) is 6.69. The number of esters is 1. The van der Waals surface area contributed by atoms with E-state index in [0.29, 0.717) is 5.56 Å². The van der Waals surface area contributed by atoms with Crippen LogP contribution in [-0.2, 0) is 28.5 Å². The molecule has 4 rings (SSSR count). The van der Waals surface area contributed by atoms with Gasteiger partial charge in [-0.2, -0.15) is 0 Å². The highest BCUT2D eigenvalue weighted by Crippen LogP contribution is 2.46. The van der Waals surface area contributed by atoms with Crippen LogP contribution in [0.4, 0.5) is 0 Å². The Balaban J connectivity index is 1.54. The Morgan fingerprint density at radius 2 is 1.81 bits per heavy atom. The van der Waals surface area contributed by atoms with Crippen LogP contribution in [0.1, 0.15) is 12.0 Å². The molecule has 1 aromatic rings. The first-order chi connectivity index (χ1) is 17.6. The number of ether oxygens (including phenoxy) is 4. The van der Waals surface area contributed by atoms with Gasteiger partial charge in [-0.15, -0.1) is 0 Å². The average Bonchev–Trinajstić information content (AvgIpc) is 3.17. The minimum absolute atomic E-state index is 0.0459. The molecule has 37 heavy (non-hydrogen) atoms. The maximum absolute atomic E-state index is 12.5. The Bertz CT molecular complexity index is 1080. The first-order valence-electron chi connectivity index (χ1n) is 11.5. The standard InChI is InChI=1S/C25H28O12/c1-11-16(28)8-14-15(23(32)33)10-34-24(19(11)14)37-25-22(21(31)20(30)17(9-26)35-25)36-18(29)7-4-12-2-5-13(27)6-3-12/h2-7,10,14,16-17,19-22,24-28,30-31H,1,8-9H2,(H,32,33)/t14-,16+,17+,19-,20-,21-,22-,24+,25+/m1/s1. The number of carboxylic acids is 1. The van der Waals surface area contributed by atoms with Gasteiger partial charge in [0.2, 0.25) is 12.6 Å². The van der Waals surface area contributed by atoms with Gasteiger partial charge in [-0.05, 0) is 35.8 Å². The van der Waals surface area contributed by atoms with Gasteiger partial charge in [-0.1, -0.05) is 18.7 Å². The fourth-order valence-electron chi connectivity index (χ4n) is 4.69. The second-order valence-corrected chi connectivity index (χ2v) is 9.01. The van der Waals surface area contributed by atoms with Gasteiger partial charge < -0.3 is 49.6 Å². The number of phenolic OH excluding ortho intramolecular Hbond substituents is 1. The van der Waals surface area contributed by atoms with Crippen LogP contribution in [0.25, 0.3) is 6.08 Å². The summed E-state index contributed by atoms with van der Waals surface area (Å²) >= 11 is 0. The van der Waals surface area contributed by atoms with Crippen LogP contribution in [0.15, 0.2) is 54.3 Å². The lowest BCUT2D eigenvalue weighted by Crippen LogP contribution is -2.61. The van der Waals surface area contributed by atoms with Crippen LogP contribution in [0.2, 0.25) is 0 Å². The van der Waals surface area contributed by atoms with E-state index >= 15 is 0 Å². The predicted molar refractivity (Wildman–Crippen MR) is 123 cm³/mol. The number of aliphatic hydroxyl groups is 4. The molecular weight excluding hydrogens is 492 g/mol. The van der Waals surface area contributed by atoms with E-state index in [1.807, 2.05) is 0 Å². The molecule has 200 valence electrons. The summed E-state index contributed by atoms with van der Waals surface area (Å²) in [5.41, 5.74) is 0.782. The highest BCUT2D eigenvalue weighted by molar-refractivity contribution is 5.88. The smallest absolute Gasteiger partial charge is 0.334 e. The lowest BCUT2D eigenvalue weighted by atomic mass is 9.85. The molecule has 0 amide bonds. The van der Waals surface area contributed by atoms with Crippen molar-refractivity contribution in [3.63, 3.8) is 0 Å². The van der Waals surface area contributed by atoms with Crippen molar-refractivity contribution in [3.8, 4) is 5.75 Å². The largest absolute Gasteiger partial charge is 0.508 e.